The van der Waals surface area contributed by atoms with Crippen molar-refractivity contribution in [2.24, 2.45) is 17.6 Å². The van der Waals surface area contributed by atoms with Crippen LogP contribution in [-0.2, 0) is 0 Å². The predicted octanol–water partition coefficient (Wildman–Crippen LogP) is 2.63. The topological polar surface area (TPSA) is 29.3 Å². The van der Waals surface area contributed by atoms with Crippen molar-refractivity contribution in [2.45, 2.75) is 57.9 Å². The molecule has 0 spiro atoms. The molecule has 0 aromatic carbocycles. The Balaban J connectivity index is 2.09. The summed E-state index contributed by atoms with van der Waals surface area (Å²) in [6.45, 7) is 8.15. The minimum Gasteiger partial charge on any atom is -0.329 e. The SMILES string of the molecule is CCC1CCN(C2(CN)CCCC2CC)C1. The lowest BCUT2D eigenvalue weighted by atomic mass is 9.83. The third kappa shape index (κ3) is 1.91. The summed E-state index contributed by atoms with van der Waals surface area (Å²) in [6, 6.07) is 0. The van der Waals surface area contributed by atoms with Gasteiger partial charge in [0, 0.05) is 18.6 Å². The van der Waals surface area contributed by atoms with Crippen LogP contribution in [-0.4, -0.2) is 30.1 Å². The molecule has 3 unspecified atom stereocenters. The van der Waals surface area contributed by atoms with Crippen LogP contribution in [0.4, 0.5) is 0 Å². The van der Waals surface area contributed by atoms with Gasteiger partial charge in [0.1, 0.15) is 0 Å². The van der Waals surface area contributed by atoms with Gasteiger partial charge in [0.15, 0.2) is 0 Å². The zero-order valence-electron chi connectivity index (χ0n) is 11.0. The lowest BCUT2D eigenvalue weighted by molar-refractivity contribution is 0.0757. The molecule has 3 atom stereocenters. The zero-order valence-corrected chi connectivity index (χ0v) is 11.0. The van der Waals surface area contributed by atoms with E-state index < -0.39 is 0 Å². The van der Waals surface area contributed by atoms with Crippen LogP contribution in [0, 0.1) is 11.8 Å². The number of likely N-dealkylation sites (tertiary alicyclic amines) is 1. The largest absolute Gasteiger partial charge is 0.329 e. The third-order valence-electron chi connectivity index (χ3n) is 5.26. The van der Waals surface area contributed by atoms with Gasteiger partial charge in [-0.3, -0.25) is 4.90 Å². The van der Waals surface area contributed by atoms with E-state index in [4.69, 9.17) is 5.73 Å². The summed E-state index contributed by atoms with van der Waals surface area (Å²) >= 11 is 0. The molecule has 1 aliphatic carbocycles. The van der Waals surface area contributed by atoms with Crippen molar-refractivity contribution in [1.82, 2.24) is 4.90 Å². The predicted molar refractivity (Wildman–Crippen MR) is 69.4 cm³/mol. The number of rotatable bonds is 4. The number of nitrogens with two attached hydrogens (primary N) is 1. The first-order valence-corrected chi connectivity index (χ1v) is 7.22. The Morgan fingerprint density at radius 2 is 2.06 bits per heavy atom. The molecule has 0 aromatic rings. The van der Waals surface area contributed by atoms with Gasteiger partial charge in [0.25, 0.3) is 0 Å². The second kappa shape index (κ2) is 5.05. The van der Waals surface area contributed by atoms with Crippen molar-refractivity contribution >= 4 is 0 Å². The zero-order chi connectivity index (χ0) is 11.6. The highest BCUT2D eigenvalue weighted by atomic mass is 15.2. The molecule has 2 N–H and O–H groups in total. The van der Waals surface area contributed by atoms with Crippen LogP contribution in [0.25, 0.3) is 0 Å². The summed E-state index contributed by atoms with van der Waals surface area (Å²) in [5.41, 5.74) is 6.53. The molecule has 1 heterocycles. The van der Waals surface area contributed by atoms with Crippen molar-refractivity contribution in [2.75, 3.05) is 19.6 Å². The van der Waals surface area contributed by atoms with Gasteiger partial charge in [-0.15, -0.1) is 0 Å². The molecule has 0 amide bonds. The molecule has 1 aliphatic heterocycles. The van der Waals surface area contributed by atoms with Gasteiger partial charge >= 0.3 is 0 Å². The van der Waals surface area contributed by atoms with E-state index in [1.807, 2.05) is 0 Å². The monoisotopic (exact) mass is 224 g/mol. The molecule has 0 aromatic heterocycles. The average Bonchev–Trinajstić information content (AvgIpc) is 2.95. The Morgan fingerprint density at radius 1 is 1.25 bits per heavy atom. The molecular formula is C14H28N2. The maximum Gasteiger partial charge on any atom is 0.0359 e. The van der Waals surface area contributed by atoms with Crippen molar-refractivity contribution in [3.05, 3.63) is 0 Å². The van der Waals surface area contributed by atoms with Gasteiger partial charge < -0.3 is 5.73 Å². The van der Waals surface area contributed by atoms with Crippen LogP contribution in [0.3, 0.4) is 0 Å². The lowest BCUT2D eigenvalue weighted by Crippen LogP contribution is -2.55. The van der Waals surface area contributed by atoms with Gasteiger partial charge in [-0.2, -0.15) is 0 Å². The van der Waals surface area contributed by atoms with Crippen molar-refractivity contribution in [3.63, 3.8) is 0 Å². The Labute approximate surface area is 101 Å². The van der Waals surface area contributed by atoms with Gasteiger partial charge in [-0.05, 0) is 37.6 Å². The molecule has 1 saturated heterocycles. The van der Waals surface area contributed by atoms with Crippen molar-refractivity contribution in [1.29, 1.82) is 0 Å². The van der Waals surface area contributed by atoms with Gasteiger partial charge in [-0.1, -0.05) is 33.1 Å². The molecule has 2 heteroatoms. The highest BCUT2D eigenvalue weighted by Gasteiger charge is 2.46. The summed E-state index contributed by atoms with van der Waals surface area (Å²) in [7, 11) is 0. The fraction of sp³-hybridized carbons (Fsp3) is 1.00. The lowest BCUT2D eigenvalue weighted by Gasteiger charge is -2.43. The molecular weight excluding hydrogens is 196 g/mol. The second-order valence-corrected chi connectivity index (χ2v) is 5.81. The van der Waals surface area contributed by atoms with E-state index in [2.05, 4.69) is 18.7 Å². The summed E-state index contributed by atoms with van der Waals surface area (Å²) < 4.78 is 0. The third-order valence-corrected chi connectivity index (χ3v) is 5.26. The molecule has 94 valence electrons. The van der Waals surface area contributed by atoms with Gasteiger partial charge in [0.2, 0.25) is 0 Å². The van der Waals surface area contributed by atoms with E-state index >= 15 is 0 Å². The van der Waals surface area contributed by atoms with Crippen molar-refractivity contribution < 1.29 is 0 Å². The van der Waals surface area contributed by atoms with E-state index in [1.54, 1.807) is 0 Å². The van der Waals surface area contributed by atoms with Crippen LogP contribution < -0.4 is 5.73 Å². The highest BCUT2D eigenvalue weighted by Crippen LogP contribution is 2.43. The number of hydrogen-bond donors (Lipinski definition) is 1. The van der Waals surface area contributed by atoms with E-state index in [0.717, 1.165) is 18.4 Å². The number of nitrogens with zero attached hydrogens (tertiary/aromatic N) is 1. The molecule has 2 aliphatic rings. The summed E-state index contributed by atoms with van der Waals surface area (Å²) in [5, 5.41) is 0. The quantitative estimate of drug-likeness (QED) is 0.795. The highest BCUT2D eigenvalue weighted by molar-refractivity contribution is 5.03. The van der Waals surface area contributed by atoms with Gasteiger partial charge in [-0.25, -0.2) is 0 Å². The fourth-order valence-corrected chi connectivity index (χ4v) is 4.10. The van der Waals surface area contributed by atoms with Crippen LogP contribution in [0.2, 0.25) is 0 Å². The van der Waals surface area contributed by atoms with Gasteiger partial charge in [0.05, 0.1) is 0 Å². The Kier molecular flexibility index (Phi) is 3.91. The minimum atomic E-state index is 0.374. The summed E-state index contributed by atoms with van der Waals surface area (Å²) in [6.07, 6.45) is 8.19. The van der Waals surface area contributed by atoms with Crippen LogP contribution in [0.15, 0.2) is 0 Å². The average molecular weight is 224 g/mol. The first-order valence-electron chi connectivity index (χ1n) is 7.22. The first kappa shape index (κ1) is 12.4. The molecule has 2 fully saturated rings. The minimum absolute atomic E-state index is 0.374. The van der Waals surface area contributed by atoms with E-state index in [1.165, 1.54) is 51.6 Å². The standard InChI is InChI=1S/C14H28N2/c1-3-12-7-9-16(10-12)14(11-15)8-5-6-13(14)4-2/h12-13H,3-11,15H2,1-2H3. The summed E-state index contributed by atoms with van der Waals surface area (Å²) in [4.78, 5) is 2.75. The molecule has 0 radical (unpaired) electrons. The summed E-state index contributed by atoms with van der Waals surface area (Å²) in [5.74, 6) is 1.79. The molecule has 1 saturated carbocycles. The van der Waals surface area contributed by atoms with Crippen molar-refractivity contribution in [3.8, 4) is 0 Å². The normalized spacial score (nSPS) is 40.7. The first-order chi connectivity index (χ1) is 7.76. The second-order valence-electron chi connectivity index (χ2n) is 5.81. The van der Waals surface area contributed by atoms with Crippen LogP contribution in [0.1, 0.15) is 52.4 Å². The van der Waals surface area contributed by atoms with Crippen LogP contribution in [0.5, 0.6) is 0 Å². The maximum absolute atomic E-state index is 6.16. The van der Waals surface area contributed by atoms with Crippen LogP contribution >= 0.6 is 0 Å². The van der Waals surface area contributed by atoms with E-state index in [9.17, 15) is 0 Å². The molecule has 0 bridgehead atoms. The maximum atomic E-state index is 6.16. The molecule has 2 rings (SSSR count). The Morgan fingerprint density at radius 3 is 2.62 bits per heavy atom. The van der Waals surface area contributed by atoms with E-state index in [-0.39, 0.29) is 0 Å². The number of hydrogen-bond acceptors (Lipinski definition) is 2. The Hall–Kier alpha value is -0.0800. The molecule has 16 heavy (non-hydrogen) atoms. The molecule has 2 nitrogen and oxygen atoms in total. The Bertz CT molecular complexity index is 229. The smallest absolute Gasteiger partial charge is 0.0359 e. The fourth-order valence-electron chi connectivity index (χ4n) is 4.10. The van der Waals surface area contributed by atoms with E-state index in [0.29, 0.717) is 5.54 Å².